The van der Waals surface area contributed by atoms with E-state index in [1.165, 1.54) is 6.07 Å². The Morgan fingerprint density at radius 3 is 2.87 bits per heavy atom. The molecule has 0 radical (unpaired) electrons. The van der Waals surface area contributed by atoms with E-state index in [4.69, 9.17) is 4.74 Å². The average molecular weight is 318 g/mol. The van der Waals surface area contributed by atoms with Gasteiger partial charge in [-0.3, -0.25) is 4.79 Å². The minimum absolute atomic E-state index is 0.000967. The summed E-state index contributed by atoms with van der Waals surface area (Å²) in [4.78, 5) is 15.1. The highest BCUT2D eigenvalue weighted by Crippen LogP contribution is 2.43. The molecule has 1 aromatic carbocycles. The number of hydrogen-bond acceptors (Lipinski definition) is 3. The van der Waals surface area contributed by atoms with Crippen molar-refractivity contribution < 1.29 is 13.9 Å². The maximum absolute atomic E-state index is 13.7. The van der Waals surface area contributed by atoms with Gasteiger partial charge in [-0.15, -0.1) is 0 Å². The lowest BCUT2D eigenvalue weighted by atomic mass is 9.89. The zero-order valence-corrected chi connectivity index (χ0v) is 13.2. The van der Waals surface area contributed by atoms with Crippen LogP contribution in [0.2, 0.25) is 0 Å². The van der Waals surface area contributed by atoms with E-state index >= 15 is 0 Å². The zero-order valence-electron chi connectivity index (χ0n) is 13.2. The second kappa shape index (κ2) is 6.21. The molecule has 3 heterocycles. The van der Waals surface area contributed by atoms with Gasteiger partial charge in [-0.25, -0.2) is 4.39 Å². The smallest absolute Gasteiger partial charge is 0.226 e. The molecule has 1 N–H and O–H groups in total. The minimum atomic E-state index is -0.227. The van der Waals surface area contributed by atoms with Crippen molar-refractivity contribution in [2.75, 3.05) is 32.8 Å². The molecule has 3 aliphatic rings. The fourth-order valence-electron chi connectivity index (χ4n) is 4.44. The third-order valence-corrected chi connectivity index (χ3v) is 5.61. The van der Waals surface area contributed by atoms with Gasteiger partial charge < -0.3 is 15.0 Å². The van der Waals surface area contributed by atoms with Gasteiger partial charge in [-0.1, -0.05) is 12.1 Å². The Labute approximate surface area is 136 Å². The number of rotatable bonds is 2. The highest BCUT2D eigenvalue weighted by molar-refractivity contribution is 5.80. The Hall–Kier alpha value is -1.46. The lowest BCUT2D eigenvalue weighted by molar-refractivity contribution is -0.140. The van der Waals surface area contributed by atoms with Crippen LogP contribution in [0, 0.1) is 23.6 Å². The number of fused-ring (bicyclic) bond motifs is 1. The number of carbonyl (C=O) groups is 1. The van der Waals surface area contributed by atoms with Gasteiger partial charge in [0.25, 0.3) is 0 Å². The first kappa shape index (κ1) is 15.1. The number of nitrogens with zero attached hydrogens (tertiary/aromatic N) is 1. The van der Waals surface area contributed by atoms with Crippen LogP contribution < -0.4 is 5.32 Å². The van der Waals surface area contributed by atoms with Gasteiger partial charge in [0.2, 0.25) is 5.91 Å². The highest BCUT2D eigenvalue weighted by Gasteiger charge is 2.47. The van der Waals surface area contributed by atoms with E-state index in [2.05, 4.69) is 5.32 Å². The molecule has 4 nitrogen and oxygen atoms in total. The lowest BCUT2D eigenvalue weighted by Crippen LogP contribution is -2.40. The van der Waals surface area contributed by atoms with Crippen molar-refractivity contribution in [1.29, 1.82) is 0 Å². The molecule has 3 saturated heterocycles. The van der Waals surface area contributed by atoms with Gasteiger partial charge in [0.05, 0.1) is 6.04 Å². The summed E-state index contributed by atoms with van der Waals surface area (Å²) in [6.45, 7) is 3.99. The highest BCUT2D eigenvalue weighted by atomic mass is 19.1. The molecule has 0 aliphatic carbocycles. The Bertz CT molecular complexity index is 588. The molecule has 3 aliphatic heterocycles. The molecule has 0 aromatic heterocycles. The van der Waals surface area contributed by atoms with Crippen molar-refractivity contribution in [2.24, 2.45) is 17.8 Å². The first-order valence-corrected chi connectivity index (χ1v) is 8.58. The number of nitrogens with one attached hydrogen (secondary N) is 1. The Kier molecular flexibility index (Phi) is 4.07. The van der Waals surface area contributed by atoms with Crippen molar-refractivity contribution in [3.63, 3.8) is 0 Å². The number of carbonyl (C=O) groups excluding carboxylic acids is 1. The number of ether oxygens (including phenoxy) is 1. The number of halogens is 1. The summed E-state index contributed by atoms with van der Waals surface area (Å²) >= 11 is 0. The van der Waals surface area contributed by atoms with Crippen molar-refractivity contribution in [3.8, 4) is 0 Å². The molecular formula is C18H23FN2O2. The molecule has 5 heteroatoms. The standard InChI is InChI=1S/C18H23FN2O2/c19-15-3-1-2-13(8-15)17-16-10-20-9-14(16)11-21(17)18(22)12-4-6-23-7-5-12/h1-3,8,12,14,16-17,20H,4-7,9-11H2/t14-,16-,17+/m0/s1. The van der Waals surface area contributed by atoms with Gasteiger partial charge in [0, 0.05) is 44.7 Å². The van der Waals surface area contributed by atoms with Crippen LogP contribution in [-0.4, -0.2) is 43.7 Å². The maximum Gasteiger partial charge on any atom is 0.226 e. The molecule has 0 bridgehead atoms. The molecule has 1 amide bonds. The first-order valence-electron chi connectivity index (χ1n) is 8.58. The van der Waals surface area contributed by atoms with Crippen LogP contribution in [-0.2, 0) is 9.53 Å². The van der Waals surface area contributed by atoms with Crippen LogP contribution in [0.3, 0.4) is 0 Å². The average Bonchev–Trinajstić information content (AvgIpc) is 3.15. The van der Waals surface area contributed by atoms with E-state index in [0.717, 1.165) is 38.0 Å². The number of hydrogen-bond donors (Lipinski definition) is 1. The predicted molar refractivity (Wildman–Crippen MR) is 84.2 cm³/mol. The van der Waals surface area contributed by atoms with Gasteiger partial charge in [0.15, 0.2) is 0 Å². The van der Waals surface area contributed by atoms with E-state index in [-0.39, 0.29) is 23.7 Å². The second-order valence-corrected chi connectivity index (χ2v) is 6.96. The summed E-state index contributed by atoms with van der Waals surface area (Å²) in [6, 6.07) is 6.76. The Morgan fingerprint density at radius 2 is 2.09 bits per heavy atom. The van der Waals surface area contributed by atoms with Gasteiger partial charge in [0.1, 0.15) is 5.82 Å². The summed E-state index contributed by atoms with van der Waals surface area (Å²) in [5, 5.41) is 3.43. The minimum Gasteiger partial charge on any atom is -0.381 e. The molecule has 124 valence electrons. The van der Waals surface area contributed by atoms with Gasteiger partial charge in [-0.2, -0.15) is 0 Å². The van der Waals surface area contributed by atoms with Crippen LogP contribution in [0.4, 0.5) is 4.39 Å². The maximum atomic E-state index is 13.7. The number of amides is 1. The predicted octanol–water partition coefficient (Wildman–Crippen LogP) is 1.97. The van der Waals surface area contributed by atoms with E-state index in [9.17, 15) is 9.18 Å². The van der Waals surface area contributed by atoms with E-state index in [1.54, 1.807) is 12.1 Å². The summed E-state index contributed by atoms with van der Waals surface area (Å²) < 4.78 is 19.1. The van der Waals surface area contributed by atoms with E-state index < -0.39 is 0 Å². The van der Waals surface area contributed by atoms with E-state index in [0.29, 0.717) is 25.0 Å². The monoisotopic (exact) mass is 318 g/mol. The molecule has 1 aromatic rings. The fourth-order valence-corrected chi connectivity index (χ4v) is 4.44. The molecule has 3 fully saturated rings. The largest absolute Gasteiger partial charge is 0.381 e. The molecular weight excluding hydrogens is 295 g/mol. The fraction of sp³-hybridized carbons (Fsp3) is 0.611. The summed E-state index contributed by atoms with van der Waals surface area (Å²) in [5.41, 5.74) is 0.932. The van der Waals surface area contributed by atoms with E-state index in [1.807, 2.05) is 11.0 Å². The van der Waals surface area contributed by atoms with Crippen molar-refractivity contribution >= 4 is 5.91 Å². The van der Waals surface area contributed by atoms with Crippen LogP contribution in [0.5, 0.6) is 0 Å². The first-order chi connectivity index (χ1) is 11.2. The molecule has 0 unspecified atom stereocenters. The van der Waals surface area contributed by atoms with Crippen LogP contribution >= 0.6 is 0 Å². The summed E-state index contributed by atoms with van der Waals surface area (Å²) in [6.07, 6.45) is 1.61. The van der Waals surface area contributed by atoms with Gasteiger partial charge in [-0.05, 0) is 36.5 Å². The molecule has 0 spiro atoms. The molecule has 4 rings (SSSR count). The normalized spacial score (nSPS) is 31.3. The second-order valence-electron chi connectivity index (χ2n) is 6.96. The SMILES string of the molecule is O=C(C1CCOCC1)N1C[C@@H]2CNC[C@@H]2[C@H]1c1cccc(F)c1. The van der Waals surface area contributed by atoms with Crippen molar-refractivity contribution in [3.05, 3.63) is 35.6 Å². The quantitative estimate of drug-likeness (QED) is 0.906. The zero-order chi connectivity index (χ0) is 15.8. The van der Waals surface area contributed by atoms with Crippen LogP contribution in [0.1, 0.15) is 24.4 Å². The van der Waals surface area contributed by atoms with Crippen molar-refractivity contribution in [1.82, 2.24) is 10.2 Å². The molecule has 0 saturated carbocycles. The van der Waals surface area contributed by atoms with Crippen LogP contribution in [0.25, 0.3) is 0 Å². The number of likely N-dealkylation sites (tertiary alicyclic amines) is 1. The Balaban J connectivity index is 1.62. The third kappa shape index (κ3) is 2.76. The van der Waals surface area contributed by atoms with Gasteiger partial charge >= 0.3 is 0 Å². The lowest BCUT2D eigenvalue weighted by Gasteiger charge is -2.32. The number of benzene rings is 1. The summed E-state index contributed by atoms with van der Waals surface area (Å²) in [5.74, 6) is 0.937. The Morgan fingerprint density at radius 1 is 1.26 bits per heavy atom. The third-order valence-electron chi connectivity index (χ3n) is 5.61. The van der Waals surface area contributed by atoms with Crippen molar-refractivity contribution in [2.45, 2.75) is 18.9 Å². The summed E-state index contributed by atoms with van der Waals surface area (Å²) in [7, 11) is 0. The molecule has 23 heavy (non-hydrogen) atoms. The topological polar surface area (TPSA) is 41.6 Å². The molecule has 3 atom stereocenters. The van der Waals surface area contributed by atoms with Crippen LogP contribution in [0.15, 0.2) is 24.3 Å².